The number of nitrogens with two attached hydrogens (primary N) is 1. The standard InChI is InChI=1S/C7H6ClF2N/c8-7(11)5-3-4(9)1-2-6(5)10/h1-3,7H,11H2. The maximum atomic E-state index is 12.7. The van der Waals surface area contributed by atoms with Gasteiger partial charge in [-0.2, -0.15) is 0 Å². The van der Waals surface area contributed by atoms with Crippen LogP contribution in [0.25, 0.3) is 0 Å². The quantitative estimate of drug-likeness (QED) is 0.516. The van der Waals surface area contributed by atoms with Crippen LogP contribution in [-0.4, -0.2) is 0 Å². The Kier molecular flexibility index (Phi) is 2.42. The van der Waals surface area contributed by atoms with Gasteiger partial charge in [0.25, 0.3) is 0 Å². The molecule has 1 atom stereocenters. The van der Waals surface area contributed by atoms with Gasteiger partial charge in [-0.25, -0.2) is 8.78 Å². The molecule has 0 saturated heterocycles. The second-order valence-electron chi connectivity index (χ2n) is 2.07. The maximum Gasteiger partial charge on any atom is 0.129 e. The van der Waals surface area contributed by atoms with E-state index in [0.717, 1.165) is 18.2 Å². The Morgan fingerprint density at radius 1 is 1.36 bits per heavy atom. The minimum atomic E-state index is -0.995. The van der Waals surface area contributed by atoms with E-state index < -0.39 is 17.1 Å². The normalized spacial score (nSPS) is 13.1. The van der Waals surface area contributed by atoms with Crippen LogP contribution in [0.2, 0.25) is 0 Å². The second-order valence-corrected chi connectivity index (χ2v) is 2.54. The van der Waals surface area contributed by atoms with Crippen LogP contribution in [0.5, 0.6) is 0 Å². The zero-order valence-electron chi connectivity index (χ0n) is 5.52. The summed E-state index contributed by atoms with van der Waals surface area (Å²) in [6.45, 7) is 0. The van der Waals surface area contributed by atoms with Crippen molar-refractivity contribution >= 4 is 11.6 Å². The Balaban J connectivity index is 3.13. The average Bonchev–Trinajstić information content (AvgIpc) is 1.94. The van der Waals surface area contributed by atoms with Crippen LogP contribution in [0.3, 0.4) is 0 Å². The molecule has 0 fully saturated rings. The average molecular weight is 178 g/mol. The van der Waals surface area contributed by atoms with Crippen molar-refractivity contribution in [3.05, 3.63) is 35.4 Å². The fourth-order valence-electron chi connectivity index (χ4n) is 0.726. The molecule has 0 bridgehead atoms. The molecule has 60 valence electrons. The van der Waals surface area contributed by atoms with Gasteiger partial charge in [0, 0.05) is 5.56 Å². The van der Waals surface area contributed by atoms with Gasteiger partial charge in [0.05, 0.1) is 0 Å². The van der Waals surface area contributed by atoms with Gasteiger partial charge >= 0.3 is 0 Å². The Hall–Kier alpha value is -0.670. The molecule has 4 heteroatoms. The maximum absolute atomic E-state index is 12.7. The van der Waals surface area contributed by atoms with E-state index in [1.54, 1.807) is 0 Å². The molecule has 1 rings (SSSR count). The third-order valence-corrected chi connectivity index (χ3v) is 1.49. The van der Waals surface area contributed by atoms with Gasteiger partial charge in [-0.05, 0) is 18.2 Å². The predicted molar refractivity (Wildman–Crippen MR) is 39.1 cm³/mol. The molecule has 0 aliphatic carbocycles. The van der Waals surface area contributed by atoms with E-state index in [4.69, 9.17) is 17.3 Å². The van der Waals surface area contributed by atoms with E-state index in [0.29, 0.717) is 0 Å². The molecule has 1 unspecified atom stereocenters. The smallest absolute Gasteiger partial charge is 0.129 e. The largest absolute Gasteiger partial charge is 0.311 e. The van der Waals surface area contributed by atoms with Crippen LogP contribution in [0, 0.1) is 11.6 Å². The molecule has 0 heterocycles. The molecule has 1 aromatic rings. The highest BCUT2D eigenvalue weighted by atomic mass is 35.5. The molecule has 1 nitrogen and oxygen atoms in total. The number of alkyl halides is 1. The highest BCUT2D eigenvalue weighted by molar-refractivity contribution is 6.20. The second kappa shape index (κ2) is 3.15. The highest BCUT2D eigenvalue weighted by Crippen LogP contribution is 2.18. The van der Waals surface area contributed by atoms with Crippen LogP contribution in [0.4, 0.5) is 8.78 Å². The molecular formula is C7H6ClF2N. The lowest BCUT2D eigenvalue weighted by molar-refractivity contribution is 0.584. The molecular weight excluding hydrogens is 172 g/mol. The molecule has 11 heavy (non-hydrogen) atoms. The summed E-state index contributed by atoms with van der Waals surface area (Å²) in [7, 11) is 0. The summed E-state index contributed by atoms with van der Waals surface area (Å²) in [5.41, 5.74) is 4.13. The molecule has 0 saturated carbocycles. The van der Waals surface area contributed by atoms with E-state index >= 15 is 0 Å². The van der Waals surface area contributed by atoms with Crippen molar-refractivity contribution in [2.45, 2.75) is 5.50 Å². The SMILES string of the molecule is NC(Cl)c1cc(F)ccc1F. The van der Waals surface area contributed by atoms with Crippen LogP contribution in [0.1, 0.15) is 11.1 Å². The van der Waals surface area contributed by atoms with E-state index in [1.807, 2.05) is 0 Å². The van der Waals surface area contributed by atoms with Crippen LogP contribution >= 0.6 is 11.6 Å². The van der Waals surface area contributed by atoms with Crippen molar-refractivity contribution in [2.75, 3.05) is 0 Å². The molecule has 0 radical (unpaired) electrons. The van der Waals surface area contributed by atoms with Crippen LogP contribution < -0.4 is 5.73 Å². The van der Waals surface area contributed by atoms with E-state index in [-0.39, 0.29) is 5.56 Å². The number of hydrogen-bond acceptors (Lipinski definition) is 1. The predicted octanol–water partition coefficient (Wildman–Crippen LogP) is 2.16. The molecule has 0 amide bonds. The molecule has 0 aliphatic rings. The Morgan fingerprint density at radius 3 is 2.45 bits per heavy atom. The minimum absolute atomic E-state index is 0.0216. The Morgan fingerprint density at radius 2 is 2.00 bits per heavy atom. The molecule has 0 aliphatic heterocycles. The van der Waals surface area contributed by atoms with Crippen LogP contribution in [-0.2, 0) is 0 Å². The van der Waals surface area contributed by atoms with Gasteiger partial charge in [-0.1, -0.05) is 0 Å². The number of benzene rings is 1. The van der Waals surface area contributed by atoms with Gasteiger partial charge in [0.2, 0.25) is 0 Å². The first-order valence-electron chi connectivity index (χ1n) is 2.96. The minimum Gasteiger partial charge on any atom is -0.311 e. The summed E-state index contributed by atoms with van der Waals surface area (Å²) in [4.78, 5) is 0. The van der Waals surface area contributed by atoms with Crippen molar-refractivity contribution < 1.29 is 8.78 Å². The summed E-state index contributed by atoms with van der Waals surface area (Å²) in [6.07, 6.45) is 0. The lowest BCUT2D eigenvalue weighted by atomic mass is 10.2. The number of halogens is 3. The number of hydrogen-bond donors (Lipinski definition) is 1. The number of rotatable bonds is 1. The molecule has 0 spiro atoms. The summed E-state index contributed by atoms with van der Waals surface area (Å²) >= 11 is 5.35. The summed E-state index contributed by atoms with van der Waals surface area (Å²) < 4.78 is 25.1. The molecule has 1 aromatic carbocycles. The van der Waals surface area contributed by atoms with Gasteiger partial charge in [-0.3, -0.25) is 0 Å². The van der Waals surface area contributed by atoms with Crippen molar-refractivity contribution in [1.82, 2.24) is 0 Å². The fourth-order valence-corrected chi connectivity index (χ4v) is 0.893. The van der Waals surface area contributed by atoms with Gasteiger partial charge in [0.1, 0.15) is 17.1 Å². The first-order valence-corrected chi connectivity index (χ1v) is 3.39. The zero-order chi connectivity index (χ0) is 8.43. The molecule has 2 N–H and O–H groups in total. The van der Waals surface area contributed by atoms with Gasteiger partial charge in [-0.15, -0.1) is 11.6 Å². The summed E-state index contributed by atoms with van der Waals surface area (Å²) in [5, 5.41) is 0. The third kappa shape index (κ3) is 1.88. The fraction of sp³-hybridized carbons (Fsp3) is 0.143. The van der Waals surface area contributed by atoms with Gasteiger partial charge in [0.15, 0.2) is 0 Å². The Bertz CT molecular complexity index is 263. The van der Waals surface area contributed by atoms with Gasteiger partial charge < -0.3 is 5.73 Å². The van der Waals surface area contributed by atoms with E-state index in [9.17, 15) is 8.78 Å². The summed E-state index contributed by atoms with van der Waals surface area (Å²) in [6, 6.07) is 2.98. The lowest BCUT2D eigenvalue weighted by Gasteiger charge is -2.03. The van der Waals surface area contributed by atoms with Crippen molar-refractivity contribution in [1.29, 1.82) is 0 Å². The molecule has 0 aromatic heterocycles. The monoisotopic (exact) mass is 177 g/mol. The van der Waals surface area contributed by atoms with Crippen molar-refractivity contribution in [3.8, 4) is 0 Å². The van der Waals surface area contributed by atoms with Crippen molar-refractivity contribution in [2.24, 2.45) is 5.73 Å². The van der Waals surface area contributed by atoms with E-state index in [2.05, 4.69) is 0 Å². The zero-order valence-corrected chi connectivity index (χ0v) is 6.28. The first kappa shape index (κ1) is 8.43. The Labute approximate surface area is 67.8 Å². The van der Waals surface area contributed by atoms with E-state index in [1.165, 1.54) is 0 Å². The first-order chi connectivity index (χ1) is 5.11. The third-order valence-electron chi connectivity index (χ3n) is 1.26. The highest BCUT2D eigenvalue weighted by Gasteiger charge is 2.08. The van der Waals surface area contributed by atoms with Crippen molar-refractivity contribution in [3.63, 3.8) is 0 Å². The van der Waals surface area contributed by atoms with Crippen LogP contribution in [0.15, 0.2) is 18.2 Å². The summed E-state index contributed by atoms with van der Waals surface area (Å²) in [5.74, 6) is -1.13. The lowest BCUT2D eigenvalue weighted by Crippen LogP contribution is -2.04. The topological polar surface area (TPSA) is 26.0 Å².